The Bertz CT molecular complexity index is 633. The number of aromatic nitrogens is 3. The molecule has 100 valence electrons. The molecule has 19 heavy (non-hydrogen) atoms. The van der Waals surface area contributed by atoms with Gasteiger partial charge in [-0.3, -0.25) is 4.79 Å². The van der Waals surface area contributed by atoms with Crippen LogP contribution in [0.5, 0.6) is 0 Å². The largest absolute Gasteiger partial charge is 0.481 e. The summed E-state index contributed by atoms with van der Waals surface area (Å²) < 4.78 is 5.05. The van der Waals surface area contributed by atoms with Crippen molar-refractivity contribution in [3.63, 3.8) is 0 Å². The minimum atomic E-state index is -0.751. The molecule has 7 heteroatoms. The smallest absolute Gasteiger partial charge is 0.311 e. The maximum absolute atomic E-state index is 11.3. The van der Waals surface area contributed by atoms with E-state index in [1.807, 2.05) is 0 Å². The standard InChI is InChI=1S/C12H14N4O3/c1-7-8-9(14-6-15-10(8)19-16-7)13-5-12(11(17)18)3-2-4-12/h6H,2-5H2,1H3,(H,17,18)(H,13,14,15). The minimum Gasteiger partial charge on any atom is -0.481 e. The van der Waals surface area contributed by atoms with Crippen LogP contribution in [0.2, 0.25) is 0 Å². The quantitative estimate of drug-likeness (QED) is 0.862. The number of fused-ring (bicyclic) bond motifs is 1. The van der Waals surface area contributed by atoms with Crippen LogP contribution in [0.3, 0.4) is 0 Å². The van der Waals surface area contributed by atoms with E-state index in [1.165, 1.54) is 6.33 Å². The summed E-state index contributed by atoms with van der Waals surface area (Å²) in [6.45, 7) is 2.16. The van der Waals surface area contributed by atoms with Gasteiger partial charge in [-0.15, -0.1) is 0 Å². The van der Waals surface area contributed by atoms with Crippen LogP contribution in [0.4, 0.5) is 5.82 Å². The Morgan fingerprint density at radius 3 is 2.95 bits per heavy atom. The number of carboxylic acids is 1. The van der Waals surface area contributed by atoms with Crippen LogP contribution in [0.25, 0.3) is 11.1 Å². The number of rotatable bonds is 4. The Balaban J connectivity index is 1.86. The Morgan fingerprint density at radius 2 is 2.32 bits per heavy atom. The van der Waals surface area contributed by atoms with Gasteiger partial charge in [0.05, 0.1) is 11.1 Å². The highest BCUT2D eigenvalue weighted by molar-refractivity contribution is 5.87. The van der Waals surface area contributed by atoms with Crippen molar-refractivity contribution in [3.05, 3.63) is 12.0 Å². The second kappa shape index (κ2) is 4.18. The average molecular weight is 262 g/mol. The van der Waals surface area contributed by atoms with Crippen LogP contribution in [-0.2, 0) is 4.79 Å². The molecule has 0 saturated heterocycles. The fraction of sp³-hybridized carbons (Fsp3) is 0.500. The fourth-order valence-corrected chi connectivity index (χ4v) is 2.38. The van der Waals surface area contributed by atoms with Crippen LogP contribution in [-0.4, -0.2) is 32.7 Å². The van der Waals surface area contributed by atoms with Gasteiger partial charge in [0.15, 0.2) is 0 Å². The zero-order valence-electron chi connectivity index (χ0n) is 10.5. The average Bonchev–Trinajstić information content (AvgIpc) is 2.70. The van der Waals surface area contributed by atoms with Crippen LogP contribution >= 0.6 is 0 Å². The van der Waals surface area contributed by atoms with Gasteiger partial charge in [-0.05, 0) is 19.8 Å². The zero-order chi connectivity index (χ0) is 13.5. The Labute approximate surface area is 109 Å². The first-order chi connectivity index (χ1) is 9.12. The van der Waals surface area contributed by atoms with Gasteiger partial charge in [-0.25, -0.2) is 4.98 Å². The number of hydrogen-bond acceptors (Lipinski definition) is 6. The van der Waals surface area contributed by atoms with Crippen molar-refractivity contribution in [1.82, 2.24) is 15.1 Å². The molecule has 0 aromatic carbocycles. The van der Waals surface area contributed by atoms with Crippen molar-refractivity contribution in [2.75, 3.05) is 11.9 Å². The molecule has 2 N–H and O–H groups in total. The molecule has 0 atom stereocenters. The second-order valence-electron chi connectivity index (χ2n) is 4.96. The van der Waals surface area contributed by atoms with Crippen LogP contribution in [0.1, 0.15) is 25.0 Å². The zero-order valence-corrected chi connectivity index (χ0v) is 10.5. The molecule has 0 unspecified atom stereocenters. The summed E-state index contributed by atoms with van der Waals surface area (Å²) in [6.07, 6.45) is 3.74. The van der Waals surface area contributed by atoms with E-state index in [0.717, 1.165) is 6.42 Å². The summed E-state index contributed by atoms with van der Waals surface area (Å²) in [7, 11) is 0. The highest BCUT2D eigenvalue weighted by atomic mass is 16.5. The Morgan fingerprint density at radius 1 is 1.53 bits per heavy atom. The Kier molecular flexibility index (Phi) is 2.62. The predicted molar refractivity (Wildman–Crippen MR) is 66.7 cm³/mol. The first-order valence-corrected chi connectivity index (χ1v) is 6.17. The maximum atomic E-state index is 11.3. The molecule has 3 rings (SSSR count). The lowest BCUT2D eigenvalue weighted by Gasteiger charge is -2.37. The number of carboxylic acid groups (broad SMARTS) is 1. The van der Waals surface area contributed by atoms with E-state index in [0.29, 0.717) is 42.0 Å². The van der Waals surface area contributed by atoms with Crippen LogP contribution in [0.15, 0.2) is 10.9 Å². The van der Waals surface area contributed by atoms with Gasteiger partial charge < -0.3 is 14.9 Å². The summed E-state index contributed by atoms with van der Waals surface area (Å²) in [5.74, 6) is -0.171. The topological polar surface area (TPSA) is 101 Å². The molecule has 1 fully saturated rings. The number of nitrogens with one attached hydrogen (secondary N) is 1. The van der Waals surface area contributed by atoms with E-state index >= 15 is 0 Å². The van der Waals surface area contributed by atoms with Gasteiger partial charge in [0, 0.05) is 6.54 Å². The summed E-state index contributed by atoms with van der Waals surface area (Å²) in [5.41, 5.74) is 0.437. The third-order valence-electron chi connectivity index (χ3n) is 3.80. The normalized spacial score (nSPS) is 17.1. The van der Waals surface area contributed by atoms with E-state index in [1.54, 1.807) is 6.92 Å². The first kappa shape index (κ1) is 11.9. The predicted octanol–water partition coefficient (Wildman–Crippen LogP) is 1.59. The third-order valence-corrected chi connectivity index (χ3v) is 3.80. The summed E-state index contributed by atoms with van der Waals surface area (Å²) in [5, 5.41) is 16.9. The SMILES string of the molecule is Cc1noc2ncnc(NCC3(C(=O)O)CCC3)c12. The van der Waals surface area contributed by atoms with Crippen molar-refractivity contribution >= 4 is 22.9 Å². The third kappa shape index (κ3) is 1.81. The van der Waals surface area contributed by atoms with Crippen molar-refractivity contribution in [2.24, 2.45) is 5.41 Å². The lowest BCUT2D eigenvalue weighted by molar-refractivity contribution is -0.153. The van der Waals surface area contributed by atoms with Gasteiger partial charge in [-0.2, -0.15) is 4.98 Å². The molecule has 1 saturated carbocycles. The van der Waals surface area contributed by atoms with Crippen LogP contribution in [0, 0.1) is 12.3 Å². The monoisotopic (exact) mass is 262 g/mol. The molecule has 2 aromatic heterocycles. The van der Waals surface area contributed by atoms with E-state index in [9.17, 15) is 9.90 Å². The summed E-state index contributed by atoms with van der Waals surface area (Å²) in [4.78, 5) is 19.4. The minimum absolute atomic E-state index is 0.360. The number of carbonyl (C=O) groups is 1. The molecule has 0 spiro atoms. The van der Waals surface area contributed by atoms with Gasteiger partial charge in [0.1, 0.15) is 17.5 Å². The number of anilines is 1. The molecule has 0 aliphatic heterocycles. The molecular formula is C12H14N4O3. The Hall–Kier alpha value is -2.18. The van der Waals surface area contributed by atoms with Crippen LogP contribution < -0.4 is 5.32 Å². The fourth-order valence-electron chi connectivity index (χ4n) is 2.38. The van der Waals surface area contributed by atoms with Gasteiger partial charge in [0.25, 0.3) is 5.71 Å². The summed E-state index contributed by atoms with van der Waals surface area (Å²) in [6, 6.07) is 0. The summed E-state index contributed by atoms with van der Waals surface area (Å²) >= 11 is 0. The van der Waals surface area contributed by atoms with E-state index < -0.39 is 11.4 Å². The number of aliphatic carboxylic acids is 1. The highest BCUT2D eigenvalue weighted by Gasteiger charge is 2.44. The van der Waals surface area contributed by atoms with E-state index in [4.69, 9.17) is 4.52 Å². The molecule has 0 bridgehead atoms. The van der Waals surface area contributed by atoms with E-state index in [2.05, 4.69) is 20.4 Å². The highest BCUT2D eigenvalue weighted by Crippen LogP contribution is 2.41. The number of aryl methyl sites for hydroxylation is 1. The molecule has 2 aromatic rings. The van der Waals surface area contributed by atoms with Crippen molar-refractivity contribution in [2.45, 2.75) is 26.2 Å². The maximum Gasteiger partial charge on any atom is 0.311 e. The number of hydrogen-bond donors (Lipinski definition) is 2. The van der Waals surface area contributed by atoms with Gasteiger partial charge in [-0.1, -0.05) is 11.6 Å². The molecule has 1 aliphatic carbocycles. The molecule has 7 nitrogen and oxygen atoms in total. The van der Waals surface area contributed by atoms with Gasteiger partial charge in [0.2, 0.25) is 0 Å². The second-order valence-corrected chi connectivity index (χ2v) is 4.96. The van der Waals surface area contributed by atoms with Crippen molar-refractivity contribution in [3.8, 4) is 0 Å². The lowest BCUT2D eigenvalue weighted by Crippen LogP contribution is -2.43. The molecule has 0 amide bonds. The van der Waals surface area contributed by atoms with Crippen molar-refractivity contribution < 1.29 is 14.4 Å². The first-order valence-electron chi connectivity index (χ1n) is 6.17. The van der Waals surface area contributed by atoms with Gasteiger partial charge >= 0.3 is 5.97 Å². The molecule has 0 radical (unpaired) electrons. The molecule has 1 aliphatic rings. The molecular weight excluding hydrogens is 248 g/mol. The van der Waals surface area contributed by atoms with E-state index in [-0.39, 0.29) is 0 Å². The lowest BCUT2D eigenvalue weighted by atomic mass is 9.69. The molecule has 2 heterocycles. The number of nitrogens with zero attached hydrogens (tertiary/aromatic N) is 3. The van der Waals surface area contributed by atoms with Crippen molar-refractivity contribution in [1.29, 1.82) is 0 Å².